The molecule has 0 saturated carbocycles. The van der Waals surface area contributed by atoms with Crippen molar-refractivity contribution < 1.29 is 4.74 Å². The van der Waals surface area contributed by atoms with Gasteiger partial charge in [0.15, 0.2) is 5.96 Å². The molecule has 5 nitrogen and oxygen atoms in total. The van der Waals surface area contributed by atoms with Gasteiger partial charge in [0, 0.05) is 32.7 Å². The van der Waals surface area contributed by atoms with E-state index in [2.05, 4.69) is 56.9 Å². The van der Waals surface area contributed by atoms with Crippen LogP contribution >= 0.6 is 0 Å². The average Bonchev–Trinajstić information content (AvgIpc) is 3.16. The number of rotatable bonds is 7. The van der Waals surface area contributed by atoms with Crippen LogP contribution in [0.1, 0.15) is 24.0 Å². The second kappa shape index (κ2) is 9.97. The van der Waals surface area contributed by atoms with Crippen LogP contribution in [0.15, 0.2) is 59.6 Å². The molecule has 0 aromatic heterocycles. The Bertz CT molecular complexity index is 732. The van der Waals surface area contributed by atoms with E-state index in [4.69, 9.17) is 4.74 Å². The Kier molecular flexibility index (Phi) is 7.11. The third-order valence-corrected chi connectivity index (χ3v) is 5.05. The molecule has 0 radical (unpaired) electrons. The van der Waals surface area contributed by atoms with Gasteiger partial charge in [0.25, 0.3) is 0 Å². The molecule has 0 spiro atoms. The number of methoxy groups -OCH3 is 1. The lowest BCUT2D eigenvalue weighted by Gasteiger charge is -2.25. The van der Waals surface area contributed by atoms with Gasteiger partial charge < -0.3 is 15.4 Å². The van der Waals surface area contributed by atoms with Gasteiger partial charge in [-0.25, -0.2) is 0 Å². The van der Waals surface area contributed by atoms with E-state index in [0.29, 0.717) is 6.04 Å². The lowest BCUT2D eigenvalue weighted by molar-refractivity contribution is 0.245. The number of benzene rings is 2. The quantitative estimate of drug-likeness (QED) is 0.584. The molecule has 2 aromatic carbocycles. The topological polar surface area (TPSA) is 48.9 Å². The lowest BCUT2D eigenvalue weighted by Crippen LogP contribution is -2.44. The number of likely N-dealkylation sites (tertiary alicyclic amines) is 1. The van der Waals surface area contributed by atoms with E-state index < -0.39 is 0 Å². The smallest absolute Gasteiger partial charge is 0.191 e. The molecule has 2 aromatic rings. The van der Waals surface area contributed by atoms with E-state index in [-0.39, 0.29) is 0 Å². The SMILES string of the molecule is CN=C(NCc1cccc(OC)c1)NCC1CCCN1Cc1ccccc1. The molecule has 1 aliphatic rings. The van der Waals surface area contributed by atoms with Crippen LogP contribution in [0.2, 0.25) is 0 Å². The van der Waals surface area contributed by atoms with Crippen molar-refractivity contribution in [2.24, 2.45) is 4.99 Å². The molecule has 3 rings (SSSR count). The molecule has 1 atom stereocenters. The zero-order chi connectivity index (χ0) is 18.9. The maximum absolute atomic E-state index is 5.28. The molecule has 1 heterocycles. The summed E-state index contributed by atoms with van der Waals surface area (Å²) < 4.78 is 5.28. The summed E-state index contributed by atoms with van der Waals surface area (Å²) in [6, 6.07) is 19.3. The highest BCUT2D eigenvalue weighted by Crippen LogP contribution is 2.19. The molecule has 5 heteroatoms. The third-order valence-electron chi connectivity index (χ3n) is 5.05. The number of aliphatic imine (C=N–C) groups is 1. The Hall–Kier alpha value is -2.53. The fourth-order valence-electron chi connectivity index (χ4n) is 3.56. The van der Waals surface area contributed by atoms with Gasteiger partial charge in [-0.1, -0.05) is 42.5 Å². The van der Waals surface area contributed by atoms with Gasteiger partial charge in [-0.3, -0.25) is 9.89 Å². The monoisotopic (exact) mass is 366 g/mol. The Morgan fingerprint density at radius 1 is 1.11 bits per heavy atom. The van der Waals surface area contributed by atoms with E-state index in [1.54, 1.807) is 7.11 Å². The largest absolute Gasteiger partial charge is 0.497 e. The van der Waals surface area contributed by atoms with Crippen LogP contribution in [0, 0.1) is 0 Å². The Morgan fingerprint density at radius 2 is 1.93 bits per heavy atom. The Labute approximate surface area is 162 Å². The van der Waals surface area contributed by atoms with E-state index >= 15 is 0 Å². The van der Waals surface area contributed by atoms with E-state index in [0.717, 1.165) is 37.9 Å². The zero-order valence-electron chi connectivity index (χ0n) is 16.3. The van der Waals surface area contributed by atoms with Gasteiger partial charge in [0.2, 0.25) is 0 Å². The molecular weight excluding hydrogens is 336 g/mol. The van der Waals surface area contributed by atoms with E-state index in [1.165, 1.54) is 24.0 Å². The van der Waals surface area contributed by atoms with Crippen LogP contribution in [0.5, 0.6) is 5.75 Å². The van der Waals surface area contributed by atoms with Crippen molar-refractivity contribution in [1.29, 1.82) is 0 Å². The summed E-state index contributed by atoms with van der Waals surface area (Å²) in [5.41, 5.74) is 2.55. The van der Waals surface area contributed by atoms with Crippen molar-refractivity contribution in [3.8, 4) is 5.75 Å². The molecule has 144 valence electrons. The van der Waals surface area contributed by atoms with Gasteiger partial charge in [-0.05, 0) is 42.6 Å². The summed E-state index contributed by atoms with van der Waals surface area (Å²) in [6.45, 7) is 3.81. The van der Waals surface area contributed by atoms with Crippen molar-refractivity contribution >= 4 is 5.96 Å². The summed E-state index contributed by atoms with van der Waals surface area (Å²) in [7, 11) is 3.51. The highest BCUT2D eigenvalue weighted by molar-refractivity contribution is 5.79. The van der Waals surface area contributed by atoms with Crippen LogP contribution in [-0.2, 0) is 13.1 Å². The van der Waals surface area contributed by atoms with Crippen molar-refractivity contribution in [2.75, 3.05) is 27.2 Å². The summed E-state index contributed by atoms with van der Waals surface area (Å²) >= 11 is 0. The fraction of sp³-hybridized carbons (Fsp3) is 0.409. The van der Waals surface area contributed by atoms with Crippen LogP contribution in [0.25, 0.3) is 0 Å². The maximum atomic E-state index is 5.28. The van der Waals surface area contributed by atoms with Gasteiger partial charge in [-0.15, -0.1) is 0 Å². The van der Waals surface area contributed by atoms with Crippen LogP contribution in [0.4, 0.5) is 0 Å². The number of hydrogen-bond acceptors (Lipinski definition) is 3. The normalized spacial score (nSPS) is 17.7. The molecule has 1 unspecified atom stereocenters. The molecule has 0 aliphatic carbocycles. The highest BCUT2D eigenvalue weighted by atomic mass is 16.5. The number of guanidine groups is 1. The summed E-state index contributed by atoms with van der Waals surface area (Å²) in [5.74, 6) is 1.71. The minimum absolute atomic E-state index is 0.542. The molecule has 2 N–H and O–H groups in total. The standard InChI is InChI=1S/C22H30N4O/c1-23-22(24-15-19-10-6-12-21(14-19)27-2)25-16-20-11-7-13-26(20)17-18-8-4-3-5-9-18/h3-6,8-10,12,14,20H,7,11,13,15-17H2,1-2H3,(H2,23,24,25). The summed E-state index contributed by atoms with van der Waals surface area (Å²) in [6.07, 6.45) is 2.49. The average molecular weight is 367 g/mol. The van der Waals surface area contributed by atoms with E-state index in [1.807, 2.05) is 25.2 Å². The first-order valence-corrected chi connectivity index (χ1v) is 9.64. The first kappa shape index (κ1) is 19.2. The Balaban J connectivity index is 1.48. The van der Waals surface area contributed by atoms with Gasteiger partial charge in [0.05, 0.1) is 7.11 Å². The molecule has 0 amide bonds. The van der Waals surface area contributed by atoms with Crippen LogP contribution in [0.3, 0.4) is 0 Å². The molecule has 27 heavy (non-hydrogen) atoms. The molecule has 1 fully saturated rings. The zero-order valence-corrected chi connectivity index (χ0v) is 16.3. The van der Waals surface area contributed by atoms with Gasteiger partial charge in [0.1, 0.15) is 5.75 Å². The molecule has 0 bridgehead atoms. The van der Waals surface area contributed by atoms with Crippen molar-refractivity contribution in [3.63, 3.8) is 0 Å². The number of nitrogens with zero attached hydrogens (tertiary/aromatic N) is 2. The van der Waals surface area contributed by atoms with Gasteiger partial charge in [-0.2, -0.15) is 0 Å². The summed E-state index contributed by atoms with van der Waals surface area (Å²) in [4.78, 5) is 6.93. The summed E-state index contributed by atoms with van der Waals surface area (Å²) in [5, 5.41) is 6.88. The Morgan fingerprint density at radius 3 is 2.70 bits per heavy atom. The molecule has 1 saturated heterocycles. The molecular formula is C22H30N4O. The molecule has 1 aliphatic heterocycles. The lowest BCUT2D eigenvalue weighted by atomic mass is 10.2. The first-order valence-electron chi connectivity index (χ1n) is 9.64. The number of nitrogens with one attached hydrogen (secondary N) is 2. The highest BCUT2D eigenvalue weighted by Gasteiger charge is 2.24. The van der Waals surface area contributed by atoms with Crippen molar-refractivity contribution in [1.82, 2.24) is 15.5 Å². The third kappa shape index (κ3) is 5.73. The maximum Gasteiger partial charge on any atom is 0.191 e. The fourth-order valence-corrected chi connectivity index (χ4v) is 3.56. The van der Waals surface area contributed by atoms with Gasteiger partial charge >= 0.3 is 0 Å². The van der Waals surface area contributed by atoms with Crippen molar-refractivity contribution in [3.05, 3.63) is 65.7 Å². The van der Waals surface area contributed by atoms with Crippen LogP contribution in [-0.4, -0.2) is 44.1 Å². The second-order valence-corrected chi connectivity index (χ2v) is 6.91. The predicted molar refractivity (Wildman–Crippen MR) is 111 cm³/mol. The first-order chi connectivity index (χ1) is 13.3. The minimum atomic E-state index is 0.542. The minimum Gasteiger partial charge on any atom is -0.497 e. The van der Waals surface area contributed by atoms with Crippen molar-refractivity contribution in [2.45, 2.75) is 32.0 Å². The predicted octanol–water partition coefficient (Wildman–Crippen LogP) is 3.02. The van der Waals surface area contributed by atoms with E-state index in [9.17, 15) is 0 Å². The number of ether oxygens (including phenoxy) is 1. The number of hydrogen-bond donors (Lipinski definition) is 2. The van der Waals surface area contributed by atoms with Crippen LogP contribution < -0.4 is 15.4 Å². The second-order valence-electron chi connectivity index (χ2n) is 6.91.